The van der Waals surface area contributed by atoms with Crippen LogP contribution < -0.4 is 0 Å². The zero-order valence-electron chi connectivity index (χ0n) is 8.56. The number of carbonyl (C=O) groups is 1. The lowest BCUT2D eigenvalue weighted by molar-refractivity contribution is -0.179. The maximum Gasteiger partial charge on any atom is 0.311 e. The minimum Gasteiger partial charge on any atom is -0.481 e. The van der Waals surface area contributed by atoms with Crippen molar-refractivity contribution in [1.82, 2.24) is 0 Å². The molecule has 15 heavy (non-hydrogen) atoms. The summed E-state index contributed by atoms with van der Waals surface area (Å²) in [6, 6.07) is 0. The molecule has 0 spiro atoms. The molecule has 0 unspecified atom stereocenters. The Labute approximate surface area is 115 Å². The van der Waals surface area contributed by atoms with E-state index in [1.807, 2.05) is 0 Å². The molecule has 0 aliphatic heterocycles. The second-order valence-corrected chi connectivity index (χ2v) is 9.08. The van der Waals surface area contributed by atoms with Crippen molar-refractivity contribution in [2.24, 2.45) is 16.2 Å². The van der Waals surface area contributed by atoms with Crippen molar-refractivity contribution in [3.8, 4) is 0 Å². The van der Waals surface area contributed by atoms with Gasteiger partial charge in [0.25, 0.3) is 0 Å². The molecule has 5 heteroatoms. The Kier molecular flexibility index (Phi) is 2.66. The quantitative estimate of drug-likeness (QED) is 0.711. The summed E-state index contributed by atoms with van der Waals surface area (Å²) in [7, 11) is 0. The van der Waals surface area contributed by atoms with E-state index in [9.17, 15) is 9.90 Å². The molecule has 3 atom stereocenters. The lowest BCUT2D eigenvalue weighted by Crippen LogP contribution is -2.70. The van der Waals surface area contributed by atoms with Crippen LogP contribution in [0.4, 0.5) is 0 Å². The molecule has 3 rings (SSSR count). The van der Waals surface area contributed by atoms with Gasteiger partial charge in [-0.15, -0.1) is 0 Å². The molecular formula is C10H13Br3O2. The first-order valence-electron chi connectivity index (χ1n) is 4.91. The molecule has 3 saturated carbocycles. The van der Waals surface area contributed by atoms with Gasteiger partial charge in [0.05, 0.1) is 9.15 Å². The zero-order valence-corrected chi connectivity index (χ0v) is 13.3. The third-order valence-corrected chi connectivity index (χ3v) is 8.10. The molecule has 86 valence electrons. The molecule has 3 aliphatic carbocycles. The molecule has 0 aromatic carbocycles. The van der Waals surface area contributed by atoms with Gasteiger partial charge in [0.1, 0.15) is 0 Å². The third-order valence-electron chi connectivity index (χ3n) is 4.87. The predicted molar refractivity (Wildman–Crippen MR) is 69.9 cm³/mol. The molecule has 2 bridgehead atoms. The number of hydrogen-bond acceptors (Lipinski definition) is 1. The molecule has 1 N–H and O–H groups in total. The van der Waals surface area contributed by atoms with E-state index >= 15 is 0 Å². The molecule has 3 fully saturated rings. The van der Waals surface area contributed by atoms with Crippen molar-refractivity contribution in [2.45, 2.75) is 35.3 Å². The topological polar surface area (TPSA) is 37.3 Å². The van der Waals surface area contributed by atoms with Gasteiger partial charge in [0.15, 0.2) is 0 Å². The number of alkyl halides is 3. The summed E-state index contributed by atoms with van der Waals surface area (Å²) in [4.78, 5) is 11.5. The zero-order chi connectivity index (χ0) is 11.6. The van der Waals surface area contributed by atoms with Gasteiger partial charge in [-0.25, -0.2) is 0 Å². The highest BCUT2D eigenvalue weighted by Gasteiger charge is 2.83. The number of rotatable bonds is 2. The van der Waals surface area contributed by atoms with Crippen LogP contribution in [0.5, 0.6) is 0 Å². The largest absolute Gasteiger partial charge is 0.481 e. The second kappa shape index (κ2) is 3.22. The number of carboxylic acid groups (broad SMARTS) is 1. The van der Waals surface area contributed by atoms with Gasteiger partial charge in [-0.3, -0.25) is 4.79 Å². The highest BCUT2D eigenvalue weighted by Crippen LogP contribution is 2.82. The first kappa shape index (κ1) is 12.4. The van der Waals surface area contributed by atoms with Gasteiger partial charge in [-0.1, -0.05) is 61.6 Å². The second-order valence-electron chi connectivity index (χ2n) is 5.11. The summed E-state index contributed by atoms with van der Waals surface area (Å²) >= 11 is 10.8. The van der Waals surface area contributed by atoms with Crippen LogP contribution in [0.3, 0.4) is 0 Å². The van der Waals surface area contributed by atoms with Crippen molar-refractivity contribution >= 4 is 53.8 Å². The molecule has 0 heterocycles. The Morgan fingerprint density at radius 2 is 1.93 bits per heavy atom. The summed E-state index contributed by atoms with van der Waals surface area (Å²) in [5.41, 5.74) is -0.768. The van der Waals surface area contributed by atoms with Crippen LogP contribution in [0.15, 0.2) is 0 Å². The molecule has 0 amide bonds. The van der Waals surface area contributed by atoms with Crippen molar-refractivity contribution < 1.29 is 9.90 Å². The van der Waals surface area contributed by atoms with Gasteiger partial charge in [-0.2, -0.15) is 0 Å². The van der Waals surface area contributed by atoms with Gasteiger partial charge in [-0.05, 0) is 18.3 Å². The Hall–Kier alpha value is 0.910. The van der Waals surface area contributed by atoms with E-state index < -0.39 is 11.4 Å². The van der Waals surface area contributed by atoms with Crippen LogP contribution in [-0.2, 0) is 4.79 Å². The van der Waals surface area contributed by atoms with Crippen LogP contribution in [0, 0.1) is 16.2 Å². The summed E-state index contributed by atoms with van der Waals surface area (Å²) in [5, 5.41) is 9.45. The first-order chi connectivity index (χ1) is 6.75. The van der Waals surface area contributed by atoms with Crippen LogP contribution >= 0.6 is 47.8 Å². The Morgan fingerprint density at radius 3 is 2.13 bits per heavy atom. The fourth-order valence-corrected chi connectivity index (χ4v) is 8.57. The average Bonchev–Trinajstić information content (AvgIpc) is 2.53. The van der Waals surface area contributed by atoms with Gasteiger partial charge >= 0.3 is 5.97 Å². The third kappa shape index (κ3) is 0.998. The van der Waals surface area contributed by atoms with Crippen molar-refractivity contribution in [2.75, 3.05) is 0 Å². The maximum atomic E-state index is 11.5. The fourth-order valence-electron chi connectivity index (χ4n) is 3.67. The van der Waals surface area contributed by atoms with Crippen LogP contribution in [0.1, 0.15) is 26.7 Å². The normalized spacial score (nSPS) is 46.7. The first-order valence-corrected chi connectivity index (χ1v) is 7.65. The molecule has 0 radical (unpaired) electrons. The van der Waals surface area contributed by atoms with Crippen molar-refractivity contribution in [3.63, 3.8) is 0 Å². The smallest absolute Gasteiger partial charge is 0.311 e. The van der Waals surface area contributed by atoms with E-state index in [4.69, 9.17) is 0 Å². The predicted octanol–water partition coefficient (Wildman–Crippen LogP) is 3.76. The van der Waals surface area contributed by atoms with Gasteiger partial charge in [0.2, 0.25) is 0 Å². The SMILES string of the molecule is CC1(C)[C@@]2(C(=O)O)CC[C@@]1(C(Br)Br)[C@@H]2Br. The average molecular weight is 405 g/mol. The lowest BCUT2D eigenvalue weighted by atomic mass is 9.43. The van der Waals surface area contributed by atoms with Crippen molar-refractivity contribution in [1.29, 1.82) is 0 Å². The van der Waals surface area contributed by atoms with Gasteiger partial charge < -0.3 is 5.11 Å². The molecule has 0 aromatic heterocycles. The number of fused-ring (bicyclic) bond motifs is 1. The monoisotopic (exact) mass is 402 g/mol. The molecular weight excluding hydrogens is 392 g/mol. The summed E-state index contributed by atoms with van der Waals surface area (Å²) in [6.45, 7) is 4.14. The summed E-state index contributed by atoms with van der Waals surface area (Å²) in [5.74, 6) is -0.664. The number of carboxylic acids is 1. The Morgan fingerprint density at radius 1 is 1.40 bits per heavy atom. The Balaban J connectivity index is 2.50. The van der Waals surface area contributed by atoms with E-state index in [2.05, 4.69) is 61.6 Å². The van der Waals surface area contributed by atoms with E-state index in [0.717, 1.165) is 12.8 Å². The van der Waals surface area contributed by atoms with Crippen molar-refractivity contribution in [3.05, 3.63) is 0 Å². The van der Waals surface area contributed by atoms with Gasteiger partial charge in [0, 0.05) is 10.2 Å². The summed E-state index contributed by atoms with van der Waals surface area (Å²) < 4.78 is 0.159. The minimum absolute atomic E-state index is 0.00535. The Bertz CT molecular complexity index is 329. The maximum absolute atomic E-state index is 11.5. The number of hydrogen-bond donors (Lipinski definition) is 1. The van der Waals surface area contributed by atoms with E-state index in [1.54, 1.807) is 0 Å². The lowest BCUT2D eigenvalue weighted by Gasteiger charge is -2.65. The van der Waals surface area contributed by atoms with Crippen LogP contribution in [-0.4, -0.2) is 19.6 Å². The molecule has 2 nitrogen and oxygen atoms in total. The molecule has 3 aliphatic rings. The summed E-state index contributed by atoms with van der Waals surface area (Å²) in [6.07, 6.45) is 1.71. The molecule has 0 aromatic rings. The number of halogens is 3. The van der Waals surface area contributed by atoms with Crippen LogP contribution in [0.2, 0.25) is 0 Å². The standard InChI is InChI=1S/C10H13Br3O2/c1-8(2)9(6(12)13)3-4-10(8,5(9)11)7(14)15/h5-6H,3-4H2,1-2H3,(H,14,15)/t5-,9-,10-/m0/s1. The minimum atomic E-state index is -0.664. The fraction of sp³-hybridized carbons (Fsp3) is 0.900. The van der Waals surface area contributed by atoms with Crippen LogP contribution in [0.25, 0.3) is 0 Å². The highest BCUT2D eigenvalue weighted by atomic mass is 79.9. The van der Waals surface area contributed by atoms with E-state index in [0.29, 0.717) is 0 Å². The highest BCUT2D eigenvalue weighted by molar-refractivity contribution is 9.24. The van der Waals surface area contributed by atoms with E-state index in [-0.39, 0.29) is 19.4 Å². The molecule has 0 saturated heterocycles. The van der Waals surface area contributed by atoms with E-state index in [1.165, 1.54) is 0 Å². The number of aliphatic carboxylic acids is 1.